The second-order valence-corrected chi connectivity index (χ2v) is 5.17. The van der Waals surface area contributed by atoms with Crippen molar-refractivity contribution in [3.8, 4) is 0 Å². The lowest BCUT2D eigenvalue weighted by molar-refractivity contribution is 0.319. The third-order valence-electron chi connectivity index (χ3n) is 3.78. The van der Waals surface area contributed by atoms with Gasteiger partial charge in [-0.15, -0.1) is 0 Å². The Kier molecular flexibility index (Phi) is 2.23. The summed E-state index contributed by atoms with van der Waals surface area (Å²) in [7, 11) is 0. The summed E-state index contributed by atoms with van der Waals surface area (Å²) in [5.74, 6) is 2.19. The van der Waals surface area contributed by atoms with Gasteiger partial charge in [-0.2, -0.15) is 4.98 Å². The van der Waals surface area contributed by atoms with Crippen molar-refractivity contribution < 1.29 is 4.52 Å². The highest BCUT2D eigenvalue weighted by molar-refractivity contribution is 5.30. The summed E-state index contributed by atoms with van der Waals surface area (Å²) in [5.41, 5.74) is 2.75. The molecule has 1 aliphatic heterocycles. The molecule has 0 saturated heterocycles. The van der Waals surface area contributed by atoms with Gasteiger partial charge in [0.2, 0.25) is 5.89 Å². The molecule has 18 heavy (non-hydrogen) atoms. The molecule has 1 saturated carbocycles. The van der Waals surface area contributed by atoms with E-state index in [1.54, 1.807) is 0 Å². The van der Waals surface area contributed by atoms with Crippen LogP contribution in [0.4, 0.5) is 0 Å². The second kappa shape index (κ2) is 3.92. The number of aromatic nitrogens is 2. The van der Waals surface area contributed by atoms with Crippen molar-refractivity contribution in [1.29, 1.82) is 0 Å². The Morgan fingerprint density at radius 3 is 2.83 bits per heavy atom. The van der Waals surface area contributed by atoms with Crippen LogP contribution in [0.1, 0.15) is 47.6 Å². The molecule has 2 aliphatic rings. The van der Waals surface area contributed by atoms with Gasteiger partial charge in [0, 0.05) is 12.5 Å². The van der Waals surface area contributed by atoms with Gasteiger partial charge in [-0.05, 0) is 30.4 Å². The topological polar surface area (TPSA) is 51.0 Å². The van der Waals surface area contributed by atoms with Crippen molar-refractivity contribution in [1.82, 2.24) is 15.5 Å². The Labute approximate surface area is 105 Å². The molecule has 4 rings (SSSR count). The monoisotopic (exact) mass is 241 g/mol. The van der Waals surface area contributed by atoms with Gasteiger partial charge in [-0.3, -0.25) is 0 Å². The summed E-state index contributed by atoms with van der Waals surface area (Å²) in [6.07, 6.45) is 3.35. The minimum atomic E-state index is 0.167. The lowest BCUT2D eigenvalue weighted by Gasteiger charge is -2.23. The molecular weight excluding hydrogens is 226 g/mol. The quantitative estimate of drug-likeness (QED) is 0.876. The average Bonchev–Trinajstić information content (AvgIpc) is 3.16. The van der Waals surface area contributed by atoms with Gasteiger partial charge in [0.25, 0.3) is 0 Å². The zero-order valence-electron chi connectivity index (χ0n) is 10.1. The molecule has 0 amide bonds. The van der Waals surface area contributed by atoms with Crippen LogP contribution in [0.15, 0.2) is 28.8 Å². The largest absolute Gasteiger partial charge is 0.338 e. The lowest BCUT2D eigenvalue weighted by atomic mass is 9.96. The van der Waals surface area contributed by atoms with E-state index >= 15 is 0 Å². The van der Waals surface area contributed by atoms with E-state index in [2.05, 4.69) is 39.7 Å². The number of rotatable bonds is 2. The molecule has 4 nitrogen and oxygen atoms in total. The fraction of sp³-hybridized carbons (Fsp3) is 0.429. The van der Waals surface area contributed by atoms with E-state index in [1.165, 1.54) is 24.0 Å². The molecule has 1 atom stereocenters. The van der Waals surface area contributed by atoms with Crippen LogP contribution in [0.25, 0.3) is 0 Å². The highest BCUT2D eigenvalue weighted by Gasteiger charge is 2.31. The predicted molar refractivity (Wildman–Crippen MR) is 66.0 cm³/mol. The summed E-state index contributed by atoms with van der Waals surface area (Å²) in [5, 5.41) is 7.55. The third kappa shape index (κ3) is 1.73. The maximum atomic E-state index is 5.40. The maximum Gasteiger partial charge on any atom is 0.244 e. The standard InChI is InChI=1S/C14H15N3O/c1-2-4-11-8-15-12(7-10(11)3-1)14-16-13(17-18-14)9-5-6-9/h1-4,9,12,15H,5-8H2/t12-/m0/s1. The number of hydrogen-bond acceptors (Lipinski definition) is 4. The van der Waals surface area contributed by atoms with Crippen LogP contribution in [0.5, 0.6) is 0 Å². The number of nitrogens with zero attached hydrogens (tertiary/aromatic N) is 2. The summed E-state index contributed by atoms with van der Waals surface area (Å²) < 4.78 is 5.40. The predicted octanol–water partition coefficient (Wildman–Crippen LogP) is 2.33. The smallest absolute Gasteiger partial charge is 0.244 e. The van der Waals surface area contributed by atoms with Gasteiger partial charge < -0.3 is 9.84 Å². The average molecular weight is 241 g/mol. The van der Waals surface area contributed by atoms with Gasteiger partial charge in [0.05, 0.1) is 6.04 Å². The molecule has 1 aromatic carbocycles. The van der Waals surface area contributed by atoms with E-state index < -0.39 is 0 Å². The molecule has 0 radical (unpaired) electrons. The first-order chi connectivity index (χ1) is 8.90. The first-order valence-corrected chi connectivity index (χ1v) is 6.54. The molecule has 92 valence electrons. The number of nitrogens with one attached hydrogen (secondary N) is 1. The van der Waals surface area contributed by atoms with Gasteiger partial charge in [-0.25, -0.2) is 0 Å². The molecule has 1 aliphatic carbocycles. The molecule has 2 heterocycles. The number of fused-ring (bicyclic) bond motifs is 1. The van der Waals surface area contributed by atoms with Gasteiger partial charge in [0.15, 0.2) is 5.82 Å². The van der Waals surface area contributed by atoms with Crippen LogP contribution in [0.3, 0.4) is 0 Å². The SMILES string of the molecule is c1ccc2c(c1)CN[C@H](c1nc(C3CC3)no1)C2. The molecule has 4 heteroatoms. The van der Waals surface area contributed by atoms with E-state index in [4.69, 9.17) is 4.52 Å². The van der Waals surface area contributed by atoms with E-state index in [0.29, 0.717) is 5.92 Å². The number of hydrogen-bond donors (Lipinski definition) is 1. The van der Waals surface area contributed by atoms with Crippen LogP contribution < -0.4 is 5.32 Å². The van der Waals surface area contributed by atoms with Crippen molar-refractivity contribution in [2.75, 3.05) is 0 Å². The molecule has 0 spiro atoms. The number of benzene rings is 1. The molecule has 0 bridgehead atoms. The zero-order chi connectivity index (χ0) is 11.9. The van der Waals surface area contributed by atoms with Crippen LogP contribution in [0.2, 0.25) is 0 Å². The van der Waals surface area contributed by atoms with Crippen molar-refractivity contribution in [2.24, 2.45) is 0 Å². The highest BCUT2D eigenvalue weighted by Crippen LogP contribution is 2.38. The molecule has 1 fully saturated rings. The lowest BCUT2D eigenvalue weighted by Crippen LogP contribution is -2.28. The minimum absolute atomic E-state index is 0.167. The van der Waals surface area contributed by atoms with Crippen molar-refractivity contribution >= 4 is 0 Å². The van der Waals surface area contributed by atoms with Crippen molar-refractivity contribution in [3.63, 3.8) is 0 Å². The summed E-state index contributed by atoms with van der Waals surface area (Å²) in [4.78, 5) is 4.53. The fourth-order valence-electron chi connectivity index (χ4n) is 2.53. The Bertz CT molecular complexity index is 574. The maximum absolute atomic E-state index is 5.40. The second-order valence-electron chi connectivity index (χ2n) is 5.17. The van der Waals surface area contributed by atoms with Crippen LogP contribution in [-0.4, -0.2) is 10.1 Å². The van der Waals surface area contributed by atoms with Crippen molar-refractivity contribution in [2.45, 2.75) is 37.8 Å². The summed E-state index contributed by atoms with van der Waals surface area (Å²) in [6, 6.07) is 8.69. The van der Waals surface area contributed by atoms with E-state index in [0.717, 1.165) is 24.7 Å². The van der Waals surface area contributed by atoms with Gasteiger partial charge >= 0.3 is 0 Å². The normalized spacial score (nSPS) is 22.8. The third-order valence-corrected chi connectivity index (χ3v) is 3.78. The Morgan fingerprint density at radius 1 is 1.17 bits per heavy atom. The molecule has 0 unspecified atom stereocenters. The van der Waals surface area contributed by atoms with Crippen LogP contribution >= 0.6 is 0 Å². The van der Waals surface area contributed by atoms with Crippen LogP contribution in [-0.2, 0) is 13.0 Å². The Morgan fingerprint density at radius 2 is 2.00 bits per heavy atom. The summed E-state index contributed by atoms with van der Waals surface area (Å²) >= 11 is 0. The van der Waals surface area contributed by atoms with Crippen LogP contribution in [0, 0.1) is 0 Å². The Balaban J connectivity index is 1.59. The van der Waals surface area contributed by atoms with Crippen molar-refractivity contribution in [3.05, 3.63) is 47.1 Å². The first-order valence-electron chi connectivity index (χ1n) is 6.54. The summed E-state index contributed by atoms with van der Waals surface area (Å²) in [6.45, 7) is 0.877. The van der Waals surface area contributed by atoms with E-state index in [9.17, 15) is 0 Å². The van der Waals surface area contributed by atoms with E-state index in [-0.39, 0.29) is 6.04 Å². The molecule has 2 aromatic rings. The molecule has 1 aromatic heterocycles. The molecule has 1 N–H and O–H groups in total. The molecular formula is C14H15N3O. The minimum Gasteiger partial charge on any atom is -0.338 e. The zero-order valence-corrected chi connectivity index (χ0v) is 10.1. The van der Waals surface area contributed by atoms with Gasteiger partial charge in [-0.1, -0.05) is 29.4 Å². The Hall–Kier alpha value is -1.68. The first kappa shape index (κ1) is 10.3. The van der Waals surface area contributed by atoms with E-state index in [1.807, 2.05) is 0 Å². The van der Waals surface area contributed by atoms with Gasteiger partial charge in [0.1, 0.15) is 0 Å². The fourth-order valence-corrected chi connectivity index (χ4v) is 2.53. The highest BCUT2D eigenvalue weighted by atomic mass is 16.5.